The molecule has 4 aliphatic rings. The quantitative estimate of drug-likeness (QED) is 0.104. The highest BCUT2D eigenvalue weighted by Crippen LogP contribution is 2.33. The van der Waals surface area contributed by atoms with Crippen molar-refractivity contribution in [2.24, 2.45) is 5.73 Å². The molecule has 2 saturated heterocycles. The molecule has 2 aliphatic heterocycles. The highest BCUT2D eigenvalue weighted by atomic mass is 16.5. The number of nitrogens with two attached hydrogens (primary N) is 1. The Morgan fingerprint density at radius 2 is 1.42 bits per heavy atom. The van der Waals surface area contributed by atoms with Crippen LogP contribution in [0.1, 0.15) is 99.1 Å². The summed E-state index contributed by atoms with van der Waals surface area (Å²) in [5.74, 6) is 2.11. The fourth-order valence-corrected chi connectivity index (χ4v) is 7.80. The molecular weight excluding hydrogens is 737 g/mol. The lowest BCUT2D eigenvalue weighted by atomic mass is 10.0. The van der Waals surface area contributed by atoms with Crippen LogP contribution in [0.4, 0.5) is 0 Å². The zero-order valence-electron chi connectivity index (χ0n) is 35.5. The Labute approximate surface area is 350 Å². The van der Waals surface area contributed by atoms with E-state index in [1.54, 1.807) is 0 Å². The maximum absolute atomic E-state index is 13.1. The third kappa shape index (κ3) is 13.1. The number of nitrogens with one attached hydrogen (secondary N) is 3. The van der Waals surface area contributed by atoms with E-state index < -0.39 is 0 Å². The standard InChI is InChI=1S/C37H42N6O2.C8H10O.C2H7N.CH5N/c1-42-18-6-12-33(42)36-38-22-31(40-36)29-16-14-27(15-17-29)24-45-25-28-10-5-11-30(20-28)32-23-39-37(41-32)34-13-7-19-43(34)35(44)21-26-8-3-2-4-9-26;9-7-6-8-4-2-1-3-5-8;1-3-2;1-2/h3,5,8-11,14-17,20,22-23,33-34H,2,4,6-7,12-13,18-19,21,24-25H2,1H3,(H,38,40)(H,39,41);2,4-5,7H,1,3,6H2;3H,1-2H3;2H2,1H3. The normalized spacial score (nSPS) is 18.4. The molecule has 2 atom stereocenters. The molecule has 8 rings (SSSR count). The lowest BCUT2D eigenvalue weighted by molar-refractivity contribution is -0.131. The third-order valence-electron chi connectivity index (χ3n) is 10.8. The van der Waals surface area contributed by atoms with E-state index in [0.717, 1.165) is 121 Å². The average molecular weight is 801 g/mol. The summed E-state index contributed by atoms with van der Waals surface area (Å²) in [5, 5.41) is 2.75. The smallest absolute Gasteiger partial charge is 0.227 e. The van der Waals surface area contributed by atoms with Gasteiger partial charge in [-0.2, -0.15) is 0 Å². The van der Waals surface area contributed by atoms with Gasteiger partial charge in [0.25, 0.3) is 0 Å². The number of aldehydes is 1. The molecule has 0 saturated carbocycles. The van der Waals surface area contributed by atoms with E-state index in [-0.39, 0.29) is 11.9 Å². The molecule has 11 heteroatoms. The first-order valence-electron chi connectivity index (χ1n) is 21.1. The first-order valence-corrected chi connectivity index (χ1v) is 21.1. The van der Waals surface area contributed by atoms with Crippen LogP contribution in [0.2, 0.25) is 0 Å². The van der Waals surface area contributed by atoms with Crippen molar-refractivity contribution in [3.8, 4) is 22.5 Å². The number of carbonyl (C=O) groups is 2. The van der Waals surface area contributed by atoms with Crippen molar-refractivity contribution in [3.05, 3.63) is 131 Å². The van der Waals surface area contributed by atoms with Gasteiger partial charge in [-0.3, -0.25) is 9.69 Å². The number of aromatic nitrogens is 4. The van der Waals surface area contributed by atoms with Gasteiger partial charge in [0.2, 0.25) is 5.91 Å². The molecule has 2 aromatic carbocycles. The largest absolute Gasteiger partial charge is 0.372 e. The number of amides is 1. The summed E-state index contributed by atoms with van der Waals surface area (Å²) in [6, 6.07) is 17.3. The van der Waals surface area contributed by atoms with Crippen molar-refractivity contribution in [1.82, 2.24) is 35.1 Å². The van der Waals surface area contributed by atoms with Crippen molar-refractivity contribution in [2.75, 3.05) is 41.3 Å². The first kappa shape index (κ1) is 44.9. The van der Waals surface area contributed by atoms with E-state index in [1.807, 2.05) is 37.5 Å². The summed E-state index contributed by atoms with van der Waals surface area (Å²) >= 11 is 0. The van der Waals surface area contributed by atoms with E-state index in [2.05, 4.69) is 117 Å². The van der Waals surface area contributed by atoms with E-state index in [0.29, 0.717) is 32.1 Å². The monoisotopic (exact) mass is 801 g/mol. The average Bonchev–Trinajstić information content (AvgIpc) is 4.12. The highest BCUT2D eigenvalue weighted by molar-refractivity contribution is 5.80. The summed E-state index contributed by atoms with van der Waals surface area (Å²) in [4.78, 5) is 44.0. The maximum atomic E-state index is 13.1. The van der Waals surface area contributed by atoms with Gasteiger partial charge in [-0.25, -0.2) is 9.97 Å². The minimum absolute atomic E-state index is 0.00152. The van der Waals surface area contributed by atoms with Gasteiger partial charge in [-0.15, -0.1) is 0 Å². The SMILES string of the molecule is CN.CN1CCCC1c1ncc(-c2ccc(COCc3cccc(-c4cnc(C5CCCN5C(=O)CC5=CCCC=C5)[nH]4)c3)cc2)[nH]1.CNC.O=CCC1=CCCC=C1. The Hall–Kier alpha value is -5.20. The van der Waals surface area contributed by atoms with Gasteiger partial charge < -0.3 is 35.4 Å². The van der Waals surface area contributed by atoms with Gasteiger partial charge in [-0.05, 0) is 126 Å². The Morgan fingerprint density at radius 1 is 0.814 bits per heavy atom. The number of imidazole rings is 2. The Morgan fingerprint density at radius 3 is 2.05 bits per heavy atom. The van der Waals surface area contributed by atoms with Crippen molar-refractivity contribution in [3.63, 3.8) is 0 Å². The molecule has 4 heterocycles. The Kier molecular flexibility index (Phi) is 18.3. The number of nitrogens with zero attached hydrogens (tertiary/aromatic N) is 4. The van der Waals surface area contributed by atoms with Crippen LogP contribution in [0.5, 0.6) is 0 Å². The van der Waals surface area contributed by atoms with Crippen molar-refractivity contribution < 1.29 is 14.3 Å². The number of rotatable bonds is 12. The molecule has 0 spiro atoms. The van der Waals surface area contributed by atoms with Gasteiger partial charge in [0.05, 0.1) is 55.5 Å². The molecule has 4 aromatic rings. The first-order chi connectivity index (χ1) is 28.9. The summed E-state index contributed by atoms with van der Waals surface area (Å²) in [5.41, 5.74) is 13.2. The van der Waals surface area contributed by atoms with Crippen LogP contribution in [-0.4, -0.2) is 83.2 Å². The van der Waals surface area contributed by atoms with Crippen LogP contribution in [0.3, 0.4) is 0 Å². The molecule has 314 valence electrons. The molecule has 59 heavy (non-hydrogen) atoms. The minimum Gasteiger partial charge on any atom is -0.372 e. The fraction of sp³-hybridized carbons (Fsp3) is 0.417. The minimum atomic E-state index is 0.00152. The molecular formula is C48H64N8O3. The fourth-order valence-electron chi connectivity index (χ4n) is 7.80. The van der Waals surface area contributed by atoms with E-state index in [4.69, 9.17) is 9.72 Å². The second-order valence-electron chi connectivity index (χ2n) is 15.2. The lowest BCUT2D eigenvalue weighted by Crippen LogP contribution is -2.31. The van der Waals surface area contributed by atoms with Crippen LogP contribution in [0, 0.1) is 0 Å². The molecule has 2 aliphatic carbocycles. The molecule has 1 amide bonds. The van der Waals surface area contributed by atoms with Crippen LogP contribution >= 0.6 is 0 Å². The van der Waals surface area contributed by atoms with Gasteiger partial charge in [0, 0.05) is 13.0 Å². The summed E-state index contributed by atoms with van der Waals surface area (Å²) in [7, 11) is 7.42. The van der Waals surface area contributed by atoms with Crippen molar-refractivity contribution in [2.45, 2.75) is 89.5 Å². The predicted molar refractivity (Wildman–Crippen MR) is 238 cm³/mol. The van der Waals surface area contributed by atoms with Crippen molar-refractivity contribution >= 4 is 12.2 Å². The number of H-pyrrole nitrogens is 2. The zero-order chi connectivity index (χ0) is 41.8. The number of hydrogen-bond donors (Lipinski definition) is 4. The van der Waals surface area contributed by atoms with Crippen molar-refractivity contribution in [1.29, 1.82) is 0 Å². The summed E-state index contributed by atoms with van der Waals surface area (Å²) < 4.78 is 6.11. The molecule has 0 bridgehead atoms. The van der Waals surface area contributed by atoms with Gasteiger partial charge in [0.1, 0.15) is 17.9 Å². The predicted octanol–water partition coefficient (Wildman–Crippen LogP) is 8.54. The molecule has 0 radical (unpaired) electrons. The molecule has 2 unspecified atom stereocenters. The second kappa shape index (κ2) is 24.0. The summed E-state index contributed by atoms with van der Waals surface area (Å²) in [6.45, 7) is 2.97. The van der Waals surface area contributed by atoms with E-state index in [9.17, 15) is 9.59 Å². The van der Waals surface area contributed by atoms with Gasteiger partial charge in [0.15, 0.2) is 0 Å². The van der Waals surface area contributed by atoms with Gasteiger partial charge >= 0.3 is 0 Å². The zero-order valence-corrected chi connectivity index (χ0v) is 35.5. The molecule has 2 aromatic heterocycles. The van der Waals surface area contributed by atoms with Crippen LogP contribution in [0.25, 0.3) is 22.5 Å². The molecule has 11 nitrogen and oxygen atoms in total. The number of carbonyl (C=O) groups excluding carboxylic acids is 2. The highest BCUT2D eigenvalue weighted by Gasteiger charge is 2.32. The van der Waals surface area contributed by atoms with E-state index >= 15 is 0 Å². The number of likely N-dealkylation sites (tertiary alicyclic amines) is 2. The summed E-state index contributed by atoms with van der Waals surface area (Å²) in [6.07, 6.45) is 27.1. The van der Waals surface area contributed by atoms with Crippen LogP contribution < -0.4 is 11.1 Å². The Balaban J connectivity index is 0.000000407. The van der Waals surface area contributed by atoms with E-state index in [1.165, 1.54) is 13.5 Å². The second-order valence-corrected chi connectivity index (χ2v) is 15.2. The number of aromatic amines is 2. The molecule has 2 fully saturated rings. The van der Waals surface area contributed by atoms with Crippen LogP contribution in [0.15, 0.2) is 109 Å². The number of ether oxygens (including phenoxy) is 1. The number of hydrogen-bond acceptors (Lipinski definition) is 8. The topological polar surface area (TPSA) is 145 Å². The third-order valence-corrected chi connectivity index (χ3v) is 10.8. The number of benzene rings is 2. The van der Waals surface area contributed by atoms with Gasteiger partial charge in [-0.1, -0.05) is 78.9 Å². The molecule has 5 N–H and O–H groups in total. The Bertz CT molecular complexity index is 2020. The van der Waals surface area contributed by atoms with Crippen LogP contribution in [-0.2, 0) is 27.5 Å². The maximum Gasteiger partial charge on any atom is 0.227 e. The number of allylic oxidation sites excluding steroid dienone is 7. The lowest BCUT2D eigenvalue weighted by Gasteiger charge is -2.24.